The van der Waals surface area contributed by atoms with E-state index in [0.29, 0.717) is 21.2 Å². The SMILES string of the molecule is Nc1nc2ccccc2c2nn(Cc3ccc(Cl)c(Cl)c3)c(=O)n12. The average Bonchev–Trinajstić information content (AvgIpc) is 2.89. The summed E-state index contributed by atoms with van der Waals surface area (Å²) >= 11 is 11.9. The summed E-state index contributed by atoms with van der Waals surface area (Å²) in [5.41, 5.74) is 7.55. The number of nitrogen functional groups attached to an aromatic ring is 1. The van der Waals surface area contributed by atoms with Gasteiger partial charge in [-0.15, -0.1) is 5.10 Å². The first-order valence-electron chi connectivity index (χ1n) is 7.12. The summed E-state index contributed by atoms with van der Waals surface area (Å²) in [6.07, 6.45) is 0. The number of para-hydroxylation sites is 1. The molecule has 0 saturated carbocycles. The van der Waals surface area contributed by atoms with Crippen molar-refractivity contribution < 1.29 is 0 Å². The second-order valence-electron chi connectivity index (χ2n) is 5.33. The maximum absolute atomic E-state index is 12.6. The van der Waals surface area contributed by atoms with E-state index in [0.717, 1.165) is 10.9 Å². The molecule has 0 aliphatic carbocycles. The zero-order valence-electron chi connectivity index (χ0n) is 12.3. The van der Waals surface area contributed by atoms with E-state index < -0.39 is 0 Å². The maximum Gasteiger partial charge on any atom is 0.353 e. The lowest BCUT2D eigenvalue weighted by atomic mass is 10.2. The van der Waals surface area contributed by atoms with E-state index in [2.05, 4.69) is 10.1 Å². The monoisotopic (exact) mass is 359 g/mol. The number of rotatable bonds is 2. The molecule has 0 spiro atoms. The zero-order chi connectivity index (χ0) is 16.8. The fourth-order valence-electron chi connectivity index (χ4n) is 2.64. The van der Waals surface area contributed by atoms with Gasteiger partial charge in [-0.25, -0.2) is 18.9 Å². The van der Waals surface area contributed by atoms with Gasteiger partial charge in [-0.2, -0.15) is 0 Å². The van der Waals surface area contributed by atoms with Crippen LogP contribution in [0.4, 0.5) is 5.95 Å². The highest BCUT2D eigenvalue weighted by atomic mass is 35.5. The Hall–Kier alpha value is -2.57. The van der Waals surface area contributed by atoms with Crippen LogP contribution in [0.15, 0.2) is 47.3 Å². The van der Waals surface area contributed by atoms with Crippen molar-refractivity contribution in [3.05, 3.63) is 68.6 Å². The highest BCUT2D eigenvalue weighted by molar-refractivity contribution is 6.42. The van der Waals surface area contributed by atoms with Crippen LogP contribution in [-0.2, 0) is 6.54 Å². The van der Waals surface area contributed by atoms with E-state index >= 15 is 0 Å². The van der Waals surface area contributed by atoms with Gasteiger partial charge < -0.3 is 5.73 Å². The molecule has 0 saturated heterocycles. The van der Waals surface area contributed by atoms with Gasteiger partial charge in [0.15, 0.2) is 5.65 Å². The van der Waals surface area contributed by atoms with Crippen molar-refractivity contribution in [2.45, 2.75) is 6.54 Å². The Bertz CT molecular complexity index is 1150. The number of nitrogens with two attached hydrogens (primary N) is 1. The van der Waals surface area contributed by atoms with Crippen molar-refractivity contribution in [2.24, 2.45) is 0 Å². The molecule has 2 N–H and O–H groups in total. The number of hydrogen-bond donors (Lipinski definition) is 1. The van der Waals surface area contributed by atoms with Gasteiger partial charge in [0.1, 0.15) is 0 Å². The first-order chi connectivity index (χ1) is 11.5. The molecular formula is C16H11Cl2N5O. The smallest absolute Gasteiger partial charge is 0.353 e. The van der Waals surface area contributed by atoms with Crippen molar-refractivity contribution in [3.8, 4) is 0 Å². The molecule has 0 fully saturated rings. The third-order valence-electron chi connectivity index (χ3n) is 3.76. The normalized spacial score (nSPS) is 11.4. The highest BCUT2D eigenvalue weighted by Crippen LogP contribution is 2.23. The Morgan fingerprint density at radius 1 is 1.08 bits per heavy atom. The average molecular weight is 360 g/mol. The number of benzene rings is 2. The summed E-state index contributed by atoms with van der Waals surface area (Å²) in [6.45, 7) is 0.255. The molecule has 4 aromatic rings. The summed E-state index contributed by atoms with van der Waals surface area (Å²) in [7, 11) is 0. The molecule has 0 amide bonds. The van der Waals surface area contributed by atoms with Gasteiger partial charge in [0.05, 0.1) is 22.1 Å². The van der Waals surface area contributed by atoms with Crippen LogP contribution in [-0.4, -0.2) is 19.2 Å². The largest absolute Gasteiger partial charge is 0.369 e. The maximum atomic E-state index is 12.6. The molecule has 8 heteroatoms. The van der Waals surface area contributed by atoms with Gasteiger partial charge in [0.2, 0.25) is 5.95 Å². The number of anilines is 1. The third-order valence-corrected chi connectivity index (χ3v) is 4.50. The first kappa shape index (κ1) is 15.0. The minimum atomic E-state index is -0.355. The Labute approximate surface area is 146 Å². The van der Waals surface area contributed by atoms with Gasteiger partial charge in [0, 0.05) is 5.39 Å². The molecule has 0 aliphatic rings. The van der Waals surface area contributed by atoms with E-state index in [9.17, 15) is 4.79 Å². The predicted octanol–water partition coefficient (Wildman–Crippen LogP) is 2.98. The molecule has 4 rings (SSSR count). The zero-order valence-corrected chi connectivity index (χ0v) is 13.8. The van der Waals surface area contributed by atoms with Gasteiger partial charge >= 0.3 is 5.69 Å². The number of hydrogen-bond acceptors (Lipinski definition) is 4. The molecule has 0 radical (unpaired) electrons. The van der Waals surface area contributed by atoms with Crippen LogP contribution in [0, 0.1) is 0 Å². The topological polar surface area (TPSA) is 78.2 Å². The Morgan fingerprint density at radius 3 is 2.67 bits per heavy atom. The van der Waals surface area contributed by atoms with Crippen LogP contribution >= 0.6 is 23.2 Å². The first-order valence-corrected chi connectivity index (χ1v) is 7.88. The molecule has 0 bridgehead atoms. The Kier molecular flexibility index (Phi) is 3.44. The lowest BCUT2D eigenvalue weighted by molar-refractivity contribution is 0.659. The van der Waals surface area contributed by atoms with Crippen molar-refractivity contribution in [1.82, 2.24) is 19.2 Å². The standard InChI is InChI=1S/C16H11Cl2N5O/c17-11-6-5-9(7-12(11)18)8-22-16(24)23-14(21-22)10-3-1-2-4-13(10)20-15(23)19/h1-7H,8H2,(H2,19,20). The van der Waals surface area contributed by atoms with Crippen molar-refractivity contribution in [3.63, 3.8) is 0 Å². The number of fused-ring (bicyclic) bond motifs is 3. The quantitative estimate of drug-likeness (QED) is 0.596. The lowest BCUT2D eigenvalue weighted by Crippen LogP contribution is -2.23. The van der Waals surface area contributed by atoms with Crippen molar-refractivity contribution in [2.75, 3.05) is 5.73 Å². The Balaban J connectivity index is 1.92. The van der Waals surface area contributed by atoms with E-state index in [1.54, 1.807) is 18.2 Å². The second kappa shape index (κ2) is 5.51. The molecule has 24 heavy (non-hydrogen) atoms. The Morgan fingerprint density at radius 2 is 1.88 bits per heavy atom. The van der Waals surface area contributed by atoms with Crippen LogP contribution < -0.4 is 11.4 Å². The summed E-state index contributed by atoms with van der Waals surface area (Å²) in [5, 5.41) is 6.07. The molecule has 0 aliphatic heterocycles. The molecule has 2 aromatic carbocycles. The fourth-order valence-corrected chi connectivity index (χ4v) is 2.96. The molecule has 2 aromatic heterocycles. The van der Waals surface area contributed by atoms with Gasteiger partial charge in [-0.1, -0.05) is 41.4 Å². The number of nitrogens with zero attached hydrogens (tertiary/aromatic N) is 4. The van der Waals surface area contributed by atoms with Crippen LogP contribution in [0.5, 0.6) is 0 Å². The van der Waals surface area contributed by atoms with E-state index in [-0.39, 0.29) is 18.2 Å². The minimum absolute atomic E-state index is 0.106. The van der Waals surface area contributed by atoms with E-state index in [1.165, 1.54) is 9.08 Å². The molecule has 6 nitrogen and oxygen atoms in total. The van der Waals surface area contributed by atoms with Crippen LogP contribution in [0.2, 0.25) is 10.0 Å². The summed E-state index contributed by atoms with van der Waals surface area (Å²) in [6, 6.07) is 12.6. The molecule has 0 unspecified atom stereocenters. The minimum Gasteiger partial charge on any atom is -0.369 e. The van der Waals surface area contributed by atoms with Gasteiger partial charge in [0.25, 0.3) is 0 Å². The summed E-state index contributed by atoms with van der Waals surface area (Å²) in [5.74, 6) is 0.106. The van der Waals surface area contributed by atoms with Crippen LogP contribution in [0.25, 0.3) is 16.6 Å². The second-order valence-corrected chi connectivity index (χ2v) is 6.15. The molecule has 120 valence electrons. The molecule has 2 heterocycles. The lowest BCUT2D eigenvalue weighted by Gasteiger charge is -2.02. The summed E-state index contributed by atoms with van der Waals surface area (Å²) in [4.78, 5) is 16.9. The van der Waals surface area contributed by atoms with Crippen LogP contribution in [0.3, 0.4) is 0 Å². The predicted molar refractivity (Wildman–Crippen MR) is 94.7 cm³/mol. The van der Waals surface area contributed by atoms with Gasteiger partial charge in [-0.05, 0) is 29.8 Å². The fraction of sp³-hybridized carbons (Fsp3) is 0.0625. The van der Waals surface area contributed by atoms with Crippen molar-refractivity contribution in [1.29, 1.82) is 0 Å². The number of aromatic nitrogens is 4. The summed E-state index contributed by atoms with van der Waals surface area (Å²) < 4.78 is 2.64. The highest BCUT2D eigenvalue weighted by Gasteiger charge is 2.14. The van der Waals surface area contributed by atoms with E-state index in [4.69, 9.17) is 28.9 Å². The number of halogens is 2. The van der Waals surface area contributed by atoms with Crippen LogP contribution in [0.1, 0.15) is 5.56 Å². The molecular weight excluding hydrogens is 349 g/mol. The van der Waals surface area contributed by atoms with E-state index in [1.807, 2.05) is 24.3 Å². The van der Waals surface area contributed by atoms with Crippen molar-refractivity contribution >= 4 is 45.7 Å². The van der Waals surface area contributed by atoms with Gasteiger partial charge in [-0.3, -0.25) is 0 Å². The molecule has 0 atom stereocenters. The third kappa shape index (κ3) is 2.31.